The van der Waals surface area contributed by atoms with Crippen molar-refractivity contribution < 1.29 is 14.2 Å². The molecule has 28 heavy (non-hydrogen) atoms. The van der Waals surface area contributed by atoms with Crippen molar-refractivity contribution in [3.05, 3.63) is 54.9 Å². The molecular formula is C21H20N4O3. The highest BCUT2D eigenvalue weighted by atomic mass is 16.5. The van der Waals surface area contributed by atoms with Crippen LogP contribution in [-0.4, -0.2) is 35.9 Å². The summed E-state index contributed by atoms with van der Waals surface area (Å²) in [6.45, 7) is 0. The van der Waals surface area contributed by atoms with Crippen molar-refractivity contribution in [3.63, 3.8) is 0 Å². The van der Waals surface area contributed by atoms with E-state index >= 15 is 0 Å². The van der Waals surface area contributed by atoms with Gasteiger partial charge < -0.3 is 19.9 Å². The smallest absolute Gasteiger partial charge is 0.165 e. The van der Waals surface area contributed by atoms with Crippen molar-refractivity contribution in [2.24, 2.45) is 0 Å². The molecule has 0 amide bonds. The van der Waals surface area contributed by atoms with Gasteiger partial charge in [-0.2, -0.15) is 9.61 Å². The maximum absolute atomic E-state index is 6.43. The van der Waals surface area contributed by atoms with Gasteiger partial charge in [-0.25, -0.2) is 4.98 Å². The molecule has 0 aliphatic heterocycles. The lowest BCUT2D eigenvalue weighted by molar-refractivity contribution is 0.355. The Morgan fingerprint density at radius 2 is 1.54 bits per heavy atom. The van der Waals surface area contributed by atoms with Crippen molar-refractivity contribution >= 4 is 11.5 Å². The average molecular weight is 376 g/mol. The molecule has 0 spiro atoms. The minimum absolute atomic E-state index is 0.487. The van der Waals surface area contributed by atoms with Gasteiger partial charge in [0.2, 0.25) is 0 Å². The lowest BCUT2D eigenvalue weighted by Gasteiger charge is -2.12. The molecule has 7 heteroatoms. The van der Waals surface area contributed by atoms with Gasteiger partial charge in [-0.15, -0.1) is 0 Å². The topological polar surface area (TPSA) is 83.9 Å². The third-order valence-corrected chi connectivity index (χ3v) is 4.66. The van der Waals surface area contributed by atoms with Crippen LogP contribution < -0.4 is 19.9 Å². The van der Waals surface area contributed by atoms with E-state index in [4.69, 9.17) is 19.9 Å². The van der Waals surface area contributed by atoms with Gasteiger partial charge in [-0.1, -0.05) is 24.3 Å². The summed E-state index contributed by atoms with van der Waals surface area (Å²) >= 11 is 0. The van der Waals surface area contributed by atoms with Gasteiger partial charge >= 0.3 is 0 Å². The molecule has 0 saturated heterocycles. The molecule has 2 aromatic carbocycles. The quantitative estimate of drug-likeness (QED) is 0.572. The molecule has 0 unspecified atom stereocenters. The number of nitrogens with zero attached hydrogens (tertiary/aromatic N) is 3. The summed E-state index contributed by atoms with van der Waals surface area (Å²) in [5, 5.41) is 4.45. The molecule has 0 fully saturated rings. The first-order valence-electron chi connectivity index (χ1n) is 8.66. The molecule has 0 aliphatic carbocycles. The second-order valence-corrected chi connectivity index (χ2v) is 6.12. The van der Waals surface area contributed by atoms with Gasteiger partial charge in [-0.05, 0) is 23.8 Å². The van der Waals surface area contributed by atoms with Crippen LogP contribution in [0.15, 0.2) is 54.9 Å². The van der Waals surface area contributed by atoms with Crippen LogP contribution >= 0.6 is 0 Å². The first kappa shape index (κ1) is 17.7. The highest BCUT2D eigenvalue weighted by Gasteiger charge is 2.17. The molecule has 0 saturated carbocycles. The summed E-state index contributed by atoms with van der Waals surface area (Å²) in [6, 6.07) is 13.3. The number of nitrogens with two attached hydrogens (primary N) is 1. The SMILES string of the molecule is COc1ccc(-c2cnn3c(N)c(-c4ccccc4OC)cnc23)cc1OC. The van der Waals surface area contributed by atoms with E-state index in [2.05, 4.69) is 10.1 Å². The van der Waals surface area contributed by atoms with Crippen LogP contribution in [0.2, 0.25) is 0 Å². The number of rotatable bonds is 5. The number of ether oxygens (including phenoxy) is 3. The van der Waals surface area contributed by atoms with E-state index in [1.165, 1.54) is 0 Å². The number of hydrogen-bond acceptors (Lipinski definition) is 6. The molecule has 2 N–H and O–H groups in total. The van der Waals surface area contributed by atoms with E-state index in [0.29, 0.717) is 23.0 Å². The molecule has 0 bridgehead atoms. The van der Waals surface area contributed by atoms with E-state index in [1.807, 2.05) is 42.5 Å². The van der Waals surface area contributed by atoms with Crippen LogP contribution in [0.25, 0.3) is 27.9 Å². The molecule has 4 rings (SSSR count). The first-order valence-corrected chi connectivity index (χ1v) is 8.66. The summed E-state index contributed by atoms with van der Waals surface area (Å²) < 4.78 is 17.8. The van der Waals surface area contributed by atoms with Gasteiger partial charge in [0.25, 0.3) is 0 Å². The summed E-state index contributed by atoms with van der Waals surface area (Å²) in [6.07, 6.45) is 3.49. The lowest BCUT2D eigenvalue weighted by Crippen LogP contribution is -2.03. The van der Waals surface area contributed by atoms with Crippen LogP contribution in [0.1, 0.15) is 0 Å². The number of benzene rings is 2. The summed E-state index contributed by atoms with van der Waals surface area (Å²) in [5.74, 6) is 2.51. The van der Waals surface area contributed by atoms with Gasteiger partial charge in [0.1, 0.15) is 11.6 Å². The highest BCUT2D eigenvalue weighted by Crippen LogP contribution is 2.36. The van der Waals surface area contributed by atoms with Crippen molar-refractivity contribution in [1.29, 1.82) is 0 Å². The molecule has 2 aromatic heterocycles. The van der Waals surface area contributed by atoms with Crippen LogP contribution in [0.3, 0.4) is 0 Å². The highest BCUT2D eigenvalue weighted by molar-refractivity contribution is 5.84. The number of fused-ring (bicyclic) bond motifs is 1. The van der Waals surface area contributed by atoms with E-state index < -0.39 is 0 Å². The van der Waals surface area contributed by atoms with Crippen LogP contribution in [0, 0.1) is 0 Å². The molecule has 4 aromatic rings. The Morgan fingerprint density at radius 1 is 0.786 bits per heavy atom. The van der Waals surface area contributed by atoms with E-state index in [-0.39, 0.29) is 0 Å². The fourth-order valence-electron chi connectivity index (χ4n) is 3.23. The fraction of sp³-hybridized carbons (Fsp3) is 0.143. The predicted molar refractivity (Wildman–Crippen MR) is 108 cm³/mol. The predicted octanol–water partition coefficient (Wildman–Crippen LogP) is 3.67. The third kappa shape index (κ3) is 2.77. The summed E-state index contributed by atoms with van der Waals surface area (Å²) in [7, 11) is 4.84. The van der Waals surface area contributed by atoms with Gasteiger partial charge in [0.15, 0.2) is 17.1 Å². The zero-order valence-corrected chi connectivity index (χ0v) is 15.8. The number of methoxy groups -OCH3 is 3. The monoisotopic (exact) mass is 376 g/mol. The second kappa shape index (κ2) is 7.11. The molecular weight excluding hydrogens is 356 g/mol. The van der Waals surface area contributed by atoms with E-state index in [1.54, 1.807) is 38.2 Å². The number of hydrogen-bond donors (Lipinski definition) is 1. The number of nitrogen functional groups attached to an aromatic ring is 1. The molecule has 0 aliphatic rings. The maximum Gasteiger partial charge on any atom is 0.165 e. The normalized spacial score (nSPS) is 10.8. The van der Waals surface area contributed by atoms with Crippen molar-refractivity contribution in [2.45, 2.75) is 0 Å². The van der Waals surface area contributed by atoms with Crippen LogP contribution in [0.5, 0.6) is 17.2 Å². The third-order valence-electron chi connectivity index (χ3n) is 4.66. The Bertz CT molecular complexity index is 1150. The maximum atomic E-state index is 6.43. The molecule has 142 valence electrons. The standard InChI is InChI=1S/C21H20N4O3/c1-26-17-7-5-4-6-14(17)16-11-23-21-15(12-24-25(21)20(16)22)13-8-9-18(27-2)19(10-13)28-3/h4-12H,22H2,1-3H3. The Kier molecular flexibility index (Phi) is 4.49. The van der Waals surface area contributed by atoms with Crippen molar-refractivity contribution in [1.82, 2.24) is 14.6 Å². The van der Waals surface area contributed by atoms with Gasteiger partial charge in [0, 0.05) is 22.9 Å². The Morgan fingerprint density at radius 3 is 2.29 bits per heavy atom. The zero-order valence-electron chi connectivity index (χ0n) is 15.8. The Balaban J connectivity index is 1.86. The fourth-order valence-corrected chi connectivity index (χ4v) is 3.23. The molecule has 0 atom stereocenters. The minimum atomic E-state index is 0.487. The Labute approximate surface area is 162 Å². The molecule has 7 nitrogen and oxygen atoms in total. The van der Waals surface area contributed by atoms with Gasteiger partial charge in [-0.3, -0.25) is 0 Å². The Hall–Kier alpha value is -3.74. The average Bonchev–Trinajstić information content (AvgIpc) is 3.18. The lowest BCUT2D eigenvalue weighted by atomic mass is 10.1. The molecule has 2 heterocycles. The summed E-state index contributed by atoms with van der Waals surface area (Å²) in [4.78, 5) is 4.62. The minimum Gasteiger partial charge on any atom is -0.496 e. The van der Waals surface area contributed by atoms with E-state index in [0.717, 1.165) is 28.0 Å². The van der Waals surface area contributed by atoms with Crippen molar-refractivity contribution in [2.75, 3.05) is 27.1 Å². The summed E-state index contributed by atoms with van der Waals surface area (Å²) in [5.41, 5.74) is 10.5. The molecule has 0 radical (unpaired) electrons. The van der Waals surface area contributed by atoms with Crippen molar-refractivity contribution in [3.8, 4) is 39.5 Å². The van der Waals surface area contributed by atoms with Gasteiger partial charge in [0.05, 0.1) is 27.5 Å². The first-order chi connectivity index (χ1) is 13.7. The van der Waals surface area contributed by atoms with Crippen LogP contribution in [0.4, 0.5) is 5.82 Å². The number of para-hydroxylation sites is 1. The number of aromatic nitrogens is 3. The zero-order chi connectivity index (χ0) is 19.7. The van der Waals surface area contributed by atoms with Crippen LogP contribution in [-0.2, 0) is 0 Å². The number of anilines is 1. The second-order valence-electron chi connectivity index (χ2n) is 6.12. The largest absolute Gasteiger partial charge is 0.496 e. The van der Waals surface area contributed by atoms with E-state index in [9.17, 15) is 0 Å².